The van der Waals surface area contributed by atoms with Gasteiger partial charge in [0.1, 0.15) is 0 Å². The van der Waals surface area contributed by atoms with Crippen LogP contribution in [0.25, 0.3) is 0 Å². The zero-order valence-corrected chi connectivity index (χ0v) is 17.7. The van der Waals surface area contributed by atoms with Crippen molar-refractivity contribution in [2.24, 2.45) is 5.10 Å². The minimum absolute atomic E-state index is 0.115. The molecule has 0 aliphatic carbocycles. The van der Waals surface area contributed by atoms with Gasteiger partial charge in [-0.25, -0.2) is 5.01 Å². The number of methoxy groups -OCH3 is 2. The van der Waals surface area contributed by atoms with Gasteiger partial charge in [-0.3, -0.25) is 9.59 Å². The van der Waals surface area contributed by atoms with E-state index in [-0.39, 0.29) is 24.8 Å². The summed E-state index contributed by atoms with van der Waals surface area (Å²) >= 11 is 3.42. The van der Waals surface area contributed by atoms with E-state index in [1.807, 2.05) is 36.4 Å². The lowest BCUT2D eigenvalue weighted by Gasteiger charge is -2.22. The molecule has 0 bridgehead atoms. The molecule has 0 saturated carbocycles. The van der Waals surface area contributed by atoms with Crippen LogP contribution in [0.3, 0.4) is 0 Å². The second-order valence-corrected chi connectivity index (χ2v) is 7.44. The van der Waals surface area contributed by atoms with Crippen LogP contribution in [-0.4, -0.2) is 41.9 Å². The molecule has 1 N–H and O–H groups in total. The monoisotopic (exact) mass is 460 g/mol. The van der Waals surface area contributed by atoms with Crippen molar-refractivity contribution in [1.29, 1.82) is 0 Å². The first-order valence-corrected chi connectivity index (χ1v) is 9.81. The van der Waals surface area contributed by atoms with Crippen molar-refractivity contribution in [3.8, 4) is 11.5 Å². The molecule has 0 unspecified atom stereocenters. The second kappa shape index (κ2) is 9.09. The van der Waals surface area contributed by atoms with Gasteiger partial charge in [-0.05, 0) is 35.4 Å². The van der Waals surface area contributed by atoms with E-state index in [1.54, 1.807) is 20.3 Å². The number of hydrogen-bond donors (Lipinski definition) is 1. The van der Waals surface area contributed by atoms with E-state index in [2.05, 4.69) is 21.0 Å². The quantitative estimate of drug-likeness (QED) is 0.673. The number of carboxylic acid groups (broad SMARTS) is 1. The third kappa shape index (κ3) is 4.76. The lowest BCUT2D eigenvalue weighted by Crippen LogP contribution is -2.27. The van der Waals surface area contributed by atoms with Gasteiger partial charge >= 0.3 is 5.97 Å². The van der Waals surface area contributed by atoms with Gasteiger partial charge in [-0.15, -0.1) is 0 Å². The Morgan fingerprint density at radius 1 is 1.10 bits per heavy atom. The number of carboxylic acids is 1. The number of nitrogens with zero attached hydrogens (tertiary/aromatic N) is 2. The predicted molar refractivity (Wildman–Crippen MR) is 111 cm³/mol. The van der Waals surface area contributed by atoms with Crippen LogP contribution in [0.5, 0.6) is 11.5 Å². The summed E-state index contributed by atoms with van der Waals surface area (Å²) in [6.07, 6.45) is 0.156. The maximum atomic E-state index is 12.7. The molecular weight excluding hydrogens is 440 g/mol. The lowest BCUT2D eigenvalue weighted by atomic mass is 9.98. The van der Waals surface area contributed by atoms with E-state index in [1.165, 1.54) is 5.01 Å². The maximum absolute atomic E-state index is 12.7. The van der Waals surface area contributed by atoms with Crippen molar-refractivity contribution in [3.63, 3.8) is 0 Å². The van der Waals surface area contributed by atoms with Crippen LogP contribution in [0, 0.1) is 0 Å². The van der Waals surface area contributed by atoms with E-state index >= 15 is 0 Å². The van der Waals surface area contributed by atoms with Crippen molar-refractivity contribution in [2.45, 2.75) is 25.3 Å². The standard InChI is InChI=1S/C21H21BrN2O5/c1-28-18-8-5-14(11-19(18)29-2)17-12-16(13-3-6-15(22)7-4-13)23-24(17)20(25)9-10-21(26)27/h3-8,11,17H,9-10,12H2,1-2H3,(H,26,27)/t17-/m1/s1. The minimum Gasteiger partial charge on any atom is -0.493 e. The van der Waals surface area contributed by atoms with E-state index in [9.17, 15) is 9.59 Å². The van der Waals surface area contributed by atoms with Crippen LogP contribution in [0.15, 0.2) is 52.0 Å². The number of amides is 1. The average Bonchev–Trinajstić information content (AvgIpc) is 3.17. The topological polar surface area (TPSA) is 88.4 Å². The molecule has 152 valence electrons. The van der Waals surface area contributed by atoms with Gasteiger partial charge in [-0.2, -0.15) is 5.10 Å². The van der Waals surface area contributed by atoms with E-state index < -0.39 is 5.97 Å². The van der Waals surface area contributed by atoms with E-state index in [4.69, 9.17) is 14.6 Å². The van der Waals surface area contributed by atoms with Crippen LogP contribution in [0.2, 0.25) is 0 Å². The average molecular weight is 461 g/mol. The predicted octanol–water partition coefficient (Wildman–Crippen LogP) is 4.01. The summed E-state index contributed by atoms with van der Waals surface area (Å²) in [5.41, 5.74) is 2.51. The lowest BCUT2D eigenvalue weighted by molar-refractivity contribution is -0.141. The Kier molecular flexibility index (Phi) is 6.53. The van der Waals surface area contributed by atoms with Gasteiger partial charge < -0.3 is 14.6 Å². The van der Waals surface area contributed by atoms with Gasteiger partial charge in [0.25, 0.3) is 0 Å². The van der Waals surface area contributed by atoms with Gasteiger partial charge in [-0.1, -0.05) is 34.1 Å². The molecule has 0 radical (unpaired) electrons. The molecule has 1 atom stereocenters. The molecule has 1 heterocycles. The summed E-state index contributed by atoms with van der Waals surface area (Å²) < 4.78 is 11.6. The number of rotatable bonds is 7. The molecule has 1 aliphatic rings. The highest BCUT2D eigenvalue weighted by atomic mass is 79.9. The number of halogens is 1. The summed E-state index contributed by atoms with van der Waals surface area (Å²) in [5.74, 6) is -0.205. The number of aliphatic carboxylic acids is 1. The maximum Gasteiger partial charge on any atom is 0.303 e. The molecule has 1 amide bonds. The van der Waals surface area contributed by atoms with Gasteiger partial charge in [0.2, 0.25) is 5.91 Å². The molecule has 2 aromatic carbocycles. The largest absolute Gasteiger partial charge is 0.493 e. The Morgan fingerprint density at radius 2 is 1.79 bits per heavy atom. The third-order valence-corrected chi connectivity index (χ3v) is 5.22. The number of benzene rings is 2. The van der Waals surface area contributed by atoms with Crippen LogP contribution in [-0.2, 0) is 9.59 Å². The highest BCUT2D eigenvalue weighted by molar-refractivity contribution is 9.10. The molecule has 29 heavy (non-hydrogen) atoms. The highest BCUT2D eigenvalue weighted by Gasteiger charge is 2.33. The zero-order valence-electron chi connectivity index (χ0n) is 16.1. The van der Waals surface area contributed by atoms with Crippen LogP contribution < -0.4 is 9.47 Å². The van der Waals surface area contributed by atoms with Gasteiger partial charge in [0.15, 0.2) is 11.5 Å². The Morgan fingerprint density at radius 3 is 2.41 bits per heavy atom. The van der Waals surface area contributed by atoms with Crippen LogP contribution in [0.1, 0.15) is 36.4 Å². The smallest absolute Gasteiger partial charge is 0.303 e. The highest BCUT2D eigenvalue weighted by Crippen LogP contribution is 2.37. The number of ether oxygens (including phenoxy) is 2. The fourth-order valence-corrected chi connectivity index (χ4v) is 3.47. The molecule has 0 fully saturated rings. The summed E-state index contributed by atoms with van der Waals surface area (Å²) in [7, 11) is 3.11. The summed E-state index contributed by atoms with van der Waals surface area (Å²) in [6.45, 7) is 0. The molecule has 1 aliphatic heterocycles. The second-order valence-electron chi connectivity index (χ2n) is 6.52. The van der Waals surface area contributed by atoms with E-state index in [0.29, 0.717) is 17.9 Å². The number of hydrogen-bond acceptors (Lipinski definition) is 5. The van der Waals surface area contributed by atoms with Crippen LogP contribution in [0.4, 0.5) is 0 Å². The first-order valence-electron chi connectivity index (χ1n) is 9.02. The number of carbonyl (C=O) groups excluding carboxylic acids is 1. The Hall–Kier alpha value is -2.87. The van der Waals surface area contributed by atoms with Crippen molar-refractivity contribution in [3.05, 3.63) is 58.1 Å². The molecule has 8 heteroatoms. The third-order valence-electron chi connectivity index (χ3n) is 4.69. The Bertz CT molecular complexity index is 943. The molecule has 7 nitrogen and oxygen atoms in total. The fourth-order valence-electron chi connectivity index (χ4n) is 3.21. The first kappa shape index (κ1) is 20.9. The van der Waals surface area contributed by atoms with Crippen molar-refractivity contribution >= 4 is 33.5 Å². The Labute approximate surface area is 177 Å². The van der Waals surface area contributed by atoms with Gasteiger partial charge in [0.05, 0.1) is 32.4 Å². The molecule has 3 rings (SSSR count). The van der Waals surface area contributed by atoms with Crippen molar-refractivity contribution in [1.82, 2.24) is 5.01 Å². The summed E-state index contributed by atoms with van der Waals surface area (Å²) in [6, 6.07) is 12.8. The summed E-state index contributed by atoms with van der Waals surface area (Å²) in [5, 5.41) is 14.9. The van der Waals surface area contributed by atoms with E-state index in [0.717, 1.165) is 21.3 Å². The number of hydrazone groups is 1. The fraction of sp³-hybridized carbons (Fsp3) is 0.286. The van der Waals surface area contributed by atoms with Crippen molar-refractivity contribution in [2.75, 3.05) is 14.2 Å². The first-order chi connectivity index (χ1) is 13.9. The normalized spacial score (nSPS) is 15.8. The Balaban J connectivity index is 1.94. The molecule has 2 aromatic rings. The summed E-state index contributed by atoms with van der Waals surface area (Å²) in [4.78, 5) is 23.6. The van der Waals surface area contributed by atoms with Crippen molar-refractivity contribution < 1.29 is 24.2 Å². The molecule has 0 aromatic heterocycles. The molecule has 0 saturated heterocycles. The molecular formula is C21H21BrN2O5. The zero-order chi connectivity index (χ0) is 21.0. The van der Waals surface area contributed by atoms with Gasteiger partial charge in [0, 0.05) is 17.3 Å². The molecule has 0 spiro atoms. The SMILES string of the molecule is COc1ccc([C@H]2CC(c3ccc(Br)cc3)=NN2C(=O)CCC(=O)O)cc1OC. The number of carbonyl (C=O) groups is 2. The van der Waals surface area contributed by atoms with Crippen LogP contribution >= 0.6 is 15.9 Å². The minimum atomic E-state index is -1.02.